The monoisotopic (exact) mass is 432 g/mol. The number of halogens is 1. The number of thioether (sulfide) groups is 1. The molecular weight excluding hydrogens is 407 g/mol. The van der Waals surface area contributed by atoms with Gasteiger partial charge in [-0.2, -0.15) is 0 Å². The van der Waals surface area contributed by atoms with Crippen molar-refractivity contribution in [2.24, 2.45) is 0 Å². The molecule has 6 nitrogen and oxygen atoms in total. The van der Waals surface area contributed by atoms with Crippen molar-refractivity contribution in [2.75, 3.05) is 39.6 Å². The topological polar surface area (TPSA) is 59.1 Å². The molecule has 1 atom stereocenters. The molecule has 8 heteroatoms. The summed E-state index contributed by atoms with van der Waals surface area (Å²) < 4.78 is 24.2. The van der Waals surface area contributed by atoms with Crippen molar-refractivity contribution in [3.05, 3.63) is 59.4 Å². The van der Waals surface area contributed by atoms with Gasteiger partial charge in [0, 0.05) is 25.2 Å². The Balaban J connectivity index is 1.73. The molecule has 0 saturated carbocycles. The van der Waals surface area contributed by atoms with Crippen LogP contribution in [0.15, 0.2) is 42.5 Å². The van der Waals surface area contributed by atoms with E-state index in [1.807, 2.05) is 25.1 Å². The van der Waals surface area contributed by atoms with Gasteiger partial charge in [-0.05, 0) is 42.8 Å². The fraction of sp³-hybridized carbons (Fsp3) is 0.364. The zero-order chi connectivity index (χ0) is 21.7. The SMILES string of the molecule is CCN(CCN1C(=O)CSC1c1ccc(OC)c(OC)c1)C(=O)c1cccc(F)c1. The summed E-state index contributed by atoms with van der Waals surface area (Å²) in [4.78, 5) is 28.7. The summed E-state index contributed by atoms with van der Waals surface area (Å²) in [6.45, 7) is 3.08. The molecule has 0 bridgehead atoms. The minimum atomic E-state index is -0.448. The van der Waals surface area contributed by atoms with Crippen molar-refractivity contribution in [3.63, 3.8) is 0 Å². The van der Waals surface area contributed by atoms with Crippen molar-refractivity contribution in [1.82, 2.24) is 9.80 Å². The Morgan fingerprint density at radius 2 is 1.97 bits per heavy atom. The number of hydrogen-bond acceptors (Lipinski definition) is 5. The second-order valence-corrected chi connectivity index (χ2v) is 7.83. The lowest BCUT2D eigenvalue weighted by molar-refractivity contribution is -0.128. The average molecular weight is 433 g/mol. The molecule has 30 heavy (non-hydrogen) atoms. The van der Waals surface area contributed by atoms with E-state index >= 15 is 0 Å². The van der Waals surface area contributed by atoms with Gasteiger partial charge in [-0.15, -0.1) is 11.8 Å². The fourth-order valence-electron chi connectivity index (χ4n) is 3.41. The predicted molar refractivity (Wildman–Crippen MR) is 114 cm³/mol. The first kappa shape index (κ1) is 22.0. The first-order chi connectivity index (χ1) is 14.5. The highest BCUT2D eigenvalue weighted by Gasteiger charge is 2.33. The van der Waals surface area contributed by atoms with Gasteiger partial charge in [0.05, 0.1) is 20.0 Å². The number of rotatable bonds is 8. The summed E-state index contributed by atoms with van der Waals surface area (Å²) in [5.74, 6) is 0.930. The largest absolute Gasteiger partial charge is 0.493 e. The molecule has 160 valence electrons. The van der Waals surface area contributed by atoms with Gasteiger partial charge in [0.25, 0.3) is 5.91 Å². The van der Waals surface area contributed by atoms with Crippen LogP contribution in [-0.4, -0.2) is 61.2 Å². The maximum Gasteiger partial charge on any atom is 0.254 e. The molecule has 0 spiro atoms. The zero-order valence-corrected chi connectivity index (χ0v) is 18.1. The Hall–Kier alpha value is -2.74. The van der Waals surface area contributed by atoms with Crippen LogP contribution >= 0.6 is 11.8 Å². The normalized spacial score (nSPS) is 15.9. The van der Waals surface area contributed by atoms with Crippen LogP contribution in [0.3, 0.4) is 0 Å². The van der Waals surface area contributed by atoms with E-state index in [9.17, 15) is 14.0 Å². The molecule has 0 N–H and O–H groups in total. The van der Waals surface area contributed by atoms with Gasteiger partial charge >= 0.3 is 0 Å². The Kier molecular flexibility index (Phi) is 7.20. The first-order valence-electron chi connectivity index (χ1n) is 9.66. The lowest BCUT2D eigenvalue weighted by atomic mass is 10.1. The van der Waals surface area contributed by atoms with Crippen LogP contribution in [0.2, 0.25) is 0 Å². The summed E-state index contributed by atoms with van der Waals surface area (Å²) >= 11 is 1.54. The number of methoxy groups -OCH3 is 2. The second-order valence-electron chi connectivity index (χ2n) is 6.76. The number of benzene rings is 2. The smallest absolute Gasteiger partial charge is 0.254 e. The first-order valence-corrected chi connectivity index (χ1v) is 10.7. The molecule has 2 aromatic carbocycles. The molecule has 1 heterocycles. The Labute approximate surface area is 179 Å². The molecule has 3 rings (SSSR count). The molecule has 1 fully saturated rings. The van der Waals surface area contributed by atoms with E-state index in [4.69, 9.17) is 9.47 Å². The number of carbonyl (C=O) groups excluding carboxylic acids is 2. The molecule has 1 aliphatic rings. The van der Waals surface area contributed by atoms with E-state index in [0.717, 1.165) is 5.56 Å². The van der Waals surface area contributed by atoms with E-state index in [0.29, 0.717) is 42.4 Å². The number of hydrogen-bond donors (Lipinski definition) is 0. The standard InChI is InChI=1S/C22H25FN2O4S/c1-4-24(21(27)15-6-5-7-17(23)12-15)10-11-25-20(26)14-30-22(25)16-8-9-18(28-2)19(13-16)29-3/h5-9,12-13,22H,4,10-11,14H2,1-3H3. The predicted octanol–water partition coefficient (Wildman–Crippen LogP) is 3.58. The van der Waals surface area contributed by atoms with Crippen molar-refractivity contribution in [3.8, 4) is 11.5 Å². The molecule has 0 aliphatic carbocycles. The summed E-state index contributed by atoms with van der Waals surface area (Å²) in [6.07, 6.45) is 0. The van der Waals surface area contributed by atoms with Crippen LogP contribution in [0.1, 0.15) is 28.2 Å². The third-order valence-electron chi connectivity index (χ3n) is 5.01. The van der Waals surface area contributed by atoms with Crippen LogP contribution in [0.5, 0.6) is 11.5 Å². The van der Waals surface area contributed by atoms with E-state index in [-0.39, 0.29) is 17.2 Å². The number of nitrogens with zero attached hydrogens (tertiary/aromatic N) is 2. The molecule has 1 saturated heterocycles. The number of amides is 2. The second kappa shape index (κ2) is 9.84. The minimum Gasteiger partial charge on any atom is -0.493 e. The molecular formula is C22H25FN2O4S. The number of ether oxygens (including phenoxy) is 2. The molecule has 0 radical (unpaired) electrons. The van der Waals surface area contributed by atoms with Gasteiger partial charge in [0.1, 0.15) is 11.2 Å². The summed E-state index contributed by atoms with van der Waals surface area (Å²) in [5, 5.41) is -0.166. The fourth-order valence-corrected chi connectivity index (χ4v) is 4.62. The Bertz CT molecular complexity index is 924. The van der Waals surface area contributed by atoms with Gasteiger partial charge in [-0.25, -0.2) is 4.39 Å². The third kappa shape index (κ3) is 4.70. The Morgan fingerprint density at radius 3 is 2.63 bits per heavy atom. The van der Waals surface area contributed by atoms with E-state index < -0.39 is 5.82 Å². The highest BCUT2D eigenvalue weighted by molar-refractivity contribution is 8.00. The molecule has 1 aliphatic heterocycles. The van der Waals surface area contributed by atoms with Crippen LogP contribution in [-0.2, 0) is 4.79 Å². The van der Waals surface area contributed by atoms with Crippen molar-refractivity contribution in [2.45, 2.75) is 12.3 Å². The quantitative estimate of drug-likeness (QED) is 0.638. The zero-order valence-electron chi connectivity index (χ0n) is 17.3. The highest BCUT2D eigenvalue weighted by Crippen LogP contribution is 2.41. The van der Waals surface area contributed by atoms with Gasteiger partial charge in [-0.3, -0.25) is 9.59 Å². The molecule has 0 aromatic heterocycles. The summed E-state index contributed by atoms with van der Waals surface area (Å²) in [5.41, 5.74) is 1.23. The highest BCUT2D eigenvalue weighted by atomic mass is 32.2. The van der Waals surface area contributed by atoms with Crippen molar-refractivity contribution >= 4 is 23.6 Å². The lowest BCUT2D eigenvalue weighted by Gasteiger charge is -2.28. The van der Waals surface area contributed by atoms with Crippen molar-refractivity contribution < 1.29 is 23.5 Å². The molecule has 2 aromatic rings. The van der Waals surface area contributed by atoms with Crippen LogP contribution < -0.4 is 9.47 Å². The number of carbonyl (C=O) groups is 2. The van der Waals surface area contributed by atoms with Crippen LogP contribution in [0.25, 0.3) is 0 Å². The van der Waals surface area contributed by atoms with E-state index in [1.165, 1.54) is 30.0 Å². The van der Waals surface area contributed by atoms with Gasteiger partial charge in [0.2, 0.25) is 5.91 Å². The van der Waals surface area contributed by atoms with Crippen LogP contribution in [0, 0.1) is 5.82 Å². The summed E-state index contributed by atoms with van der Waals surface area (Å²) in [6, 6.07) is 11.3. The van der Waals surface area contributed by atoms with Crippen molar-refractivity contribution in [1.29, 1.82) is 0 Å². The maximum atomic E-state index is 13.5. The van der Waals surface area contributed by atoms with E-state index in [1.54, 1.807) is 30.1 Å². The summed E-state index contributed by atoms with van der Waals surface area (Å²) in [7, 11) is 3.15. The minimum absolute atomic E-state index is 0.0223. The molecule has 1 unspecified atom stereocenters. The third-order valence-corrected chi connectivity index (χ3v) is 6.27. The van der Waals surface area contributed by atoms with Gasteiger partial charge in [-0.1, -0.05) is 12.1 Å². The Morgan fingerprint density at radius 1 is 1.20 bits per heavy atom. The van der Waals surface area contributed by atoms with Gasteiger partial charge < -0.3 is 19.3 Å². The number of likely N-dealkylation sites (N-methyl/N-ethyl adjacent to an activating group) is 1. The lowest BCUT2D eigenvalue weighted by Crippen LogP contribution is -2.40. The maximum absolute atomic E-state index is 13.5. The average Bonchev–Trinajstić information content (AvgIpc) is 3.13. The van der Waals surface area contributed by atoms with Gasteiger partial charge in [0.15, 0.2) is 11.5 Å². The van der Waals surface area contributed by atoms with E-state index in [2.05, 4.69) is 0 Å². The molecule has 2 amide bonds. The van der Waals surface area contributed by atoms with Crippen LogP contribution in [0.4, 0.5) is 4.39 Å².